The van der Waals surface area contributed by atoms with Gasteiger partial charge in [-0.2, -0.15) is 86.2 Å². The molecular weight excluding hydrogens is 1160 g/mol. The number of aromatic amines is 1. The van der Waals surface area contributed by atoms with Crippen LogP contribution in [0.25, 0.3) is 22.7 Å². The van der Waals surface area contributed by atoms with Gasteiger partial charge in [-0.05, 0) is 72.4 Å². The van der Waals surface area contributed by atoms with Crippen LogP contribution >= 0.6 is 9.58 Å². The van der Waals surface area contributed by atoms with Crippen LogP contribution in [0, 0.1) is 19.6 Å². The first kappa shape index (κ1) is 53.4. The van der Waals surface area contributed by atoms with E-state index in [1.54, 1.807) is 87.9 Å². The van der Waals surface area contributed by atoms with Crippen LogP contribution in [-0.2, 0) is 38.0 Å². The predicted octanol–water partition coefficient (Wildman–Crippen LogP) is 8.28. The molecule has 1 radical (unpaired) electrons. The van der Waals surface area contributed by atoms with Crippen LogP contribution in [-0.4, -0.2) is 67.9 Å². The molecule has 16 heteroatoms. The summed E-state index contributed by atoms with van der Waals surface area (Å²) in [6.07, 6.45) is 17.7. The van der Waals surface area contributed by atoms with Gasteiger partial charge in [-0.25, -0.2) is 14.0 Å². The fourth-order valence-corrected chi connectivity index (χ4v) is 4.64. The van der Waals surface area contributed by atoms with Gasteiger partial charge in [0, 0.05) is 82.1 Å². The van der Waals surface area contributed by atoms with Crippen LogP contribution in [0.4, 0.5) is 0 Å². The predicted molar refractivity (Wildman–Crippen MR) is 244 cm³/mol. The molecule has 0 saturated heterocycles. The fraction of sp³-hybridized carbons (Fsp3) is 0. The molecule has 5 aromatic carbocycles. The van der Waals surface area contributed by atoms with E-state index in [1.165, 1.54) is 17.9 Å². The number of H-pyrrole nitrogens is 1. The Bertz CT molecular complexity index is 2240. The molecule has 0 aliphatic carbocycles. The Hall–Kier alpha value is -6.60. The molecule has 5 heterocycles. The van der Waals surface area contributed by atoms with Crippen molar-refractivity contribution < 1.29 is 48.2 Å². The summed E-state index contributed by atoms with van der Waals surface area (Å²) in [7, 11) is 4.64. The molecule has 0 amide bonds. The average molecular weight is 1200 g/mol. The van der Waals surface area contributed by atoms with Crippen LogP contribution < -0.4 is 0 Å². The maximum atomic E-state index is 9.42. The largest absolute Gasteiger partial charge is 0.286 e. The number of aromatic nitrogens is 10. The van der Waals surface area contributed by atoms with Crippen molar-refractivity contribution in [3.63, 3.8) is 0 Å². The molecule has 0 unspecified atom stereocenters. The number of benzene rings is 5. The molecule has 0 saturated carbocycles. The summed E-state index contributed by atoms with van der Waals surface area (Å²) in [5.74, 6) is 0.474. The molecule has 12 nitrogen and oxygen atoms in total. The molecule has 0 bridgehead atoms. The molecule has 10 aromatic rings. The van der Waals surface area contributed by atoms with Crippen molar-refractivity contribution in [3.05, 3.63) is 245 Å². The van der Waals surface area contributed by atoms with Crippen molar-refractivity contribution >= 4 is 18.0 Å². The molecular formula is C46H47BClIr2N10O2-2. The van der Waals surface area contributed by atoms with Gasteiger partial charge in [0.05, 0.1) is 5.69 Å². The number of nitrogens with zero attached hydrogens (tertiary/aromatic N) is 9. The number of hydrogen-bond donors (Lipinski definition) is 3. The summed E-state index contributed by atoms with van der Waals surface area (Å²) in [4.78, 5) is 0. The Morgan fingerprint density at radius 1 is 0.484 bits per heavy atom. The summed E-state index contributed by atoms with van der Waals surface area (Å²) in [5.41, 5.74) is 3.46. The third kappa shape index (κ3) is 19.6. The van der Waals surface area contributed by atoms with Crippen molar-refractivity contribution in [2.24, 2.45) is 0 Å². The molecule has 10 rings (SSSR count). The zero-order chi connectivity index (χ0) is 41.6. The van der Waals surface area contributed by atoms with Crippen LogP contribution in [0.3, 0.4) is 0 Å². The molecule has 0 spiro atoms. The Balaban J connectivity index is 0.000000373. The van der Waals surface area contributed by atoms with E-state index in [9.17, 15) is 10.2 Å². The summed E-state index contributed by atoms with van der Waals surface area (Å²) < 4.78 is 6.85. The Morgan fingerprint density at radius 2 is 0.919 bits per heavy atom. The zero-order valence-corrected chi connectivity index (χ0v) is 38.4. The Morgan fingerprint density at radius 3 is 1.27 bits per heavy atom. The van der Waals surface area contributed by atoms with Gasteiger partial charge in [0.25, 0.3) is 0 Å². The molecule has 0 atom stereocenters. The molecule has 5 aromatic heterocycles. The number of para-hydroxylation sites is 6. The minimum Gasteiger partial charge on any atom is -0.286 e. The second-order valence-corrected chi connectivity index (χ2v) is 11.2. The maximum Gasteiger partial charge on any atom is 0.0645 e. The van der Waals surface area contributed by atoms with Crippen LogP contribution in [0.5, 0.6) is 11.5 Å². The van der Waals surface area contributed by atoms with E-state index in [0.29, 0.717) is 11.4 Å². The van der Waals surface area contributed by atoms with Crippen LogP contribution in [0.15, 0.2) is 226 Å². The van der Waals surface area contributed by atoms with E-state index in [-0.39, 0.29) is 47.4 Å². The SMILES string of the molecule is Oc1ccccc1-n1cccn1.Oc1ccccc1-n1cccn1.[BH4-].[CH3-].[Cl][Ir+2].[Ir].[c-]1ccccc1.[c-]1ccccc1-n1cccn1.c1ccc(-n2cccn2)cc1.c1cn[nH]c1. The number of phenolic OH excluding ortho intramolecular Hbond substituents is 2. The third-order valence-corrected chi connectivity index (χ3v) is 7.25. The summed E-state index contributed by atoms with van der Waals surface area (Å²) in [6, 6.07) is 56.8. The number of rotatable bonds is 4. The summed E-state index contributed by atoms with van der Waals surface area (Å²) in [6.45, 7) is 0. The minimum atomic E-state index is 0. The van der Waals surface area contributed by atoms with Gasteiger partial charge in [0.1, 0.15) is 22.9 Å². The number of halogens is 1. The van der Waals surface area contributed by atoms with E-state index >= 15 is 0 Å². The van der Waals surface area contributed by atoms with Gasteiger partial charge in [0.15, 0.2) is 0 Å². The molecule has 62 heavy (non-hydrogen) atoms. The van der Waals surface area contributed by atoms with Gasteiger partial charge >= 0.3 is 27.5 Å². The third-order valence-electron chi connectivity index (χ3n) is 7.25. The average Bonchev–Trinajstić information content (AvgIpc) is 4.17. The Labute approximate surface area is 392 Å². The maximum absolute atomic E-state index is 9.42. The molecule has 0 fully saturated rings. The van der Waals surface area contributed by atoms with Gasteiger partial charge in [-0.3, -0.25) is 9.78 Å². The van der Waals surface area contributed by atoms with Crippen molar-refractivity contribution in [1.29, 1.82) is 0 Å². The van der Waals surface area contributed by atoms with E-state index in [0.717, 1.165) is 11.4 Å². The number of hydrogen-bond acceptors (Lipinski definition) is 7. The van der Waals surface area contributed by atoms with Crippen LogP contribution in [0.1, 0.15) is 0 Å². The van der Waals surface area contributed by atoms with E-state index in [1.807, 2.05) is 157 Å². The second-order valence-electron chi connectivity index (χ2n) is 11.2. The molecule has 0 aliphatic rings. The number of nitrogens with one attached hydrogen (secondary N) is 1. The monoisotopic (exact) mass is 1200 g/mol. The summed E-state index contributed by atoms with van der Waals surface area (Å²) >= 11 is 1.47. The van der Waals surface area contributed by atoms with Gasteiger partial charge < -0.3 is 17.6 Å². The number of phenols is 2. The van der Waals surface area contributed by atoms with E-state index in [4.69, 9.17) is 0 Å². The molecule has 323 valence electrons. The first-order chi connectivity index (χ1) is 29.2. The molecule has 0 aliphatic heterocycles. The second kappa shape index (κ2) is 33.2. The Kier molecular flexibility index (Phi) is 28.6. The zero-order valence-electron chi connectivity index (χ0n) is 32.8. The standard InChI is InChI=1S/2C9H8N2O.C9H8N2.C9H7N2.C6H5.C3H4N2.CH3.BH4.ClH.2Ir/c2*12-9-5-2-1-4-8(9)11-7-3-6-10-11;2*1-2-5-9(6-3-1)11-8-4-7-10-11;1-2-4-6-5-3-1;1-2-4-5-3-1;;;;;/h2*1-7,12H;1-8H;1-5,7-8H;1-5H;1-3H,(H,4,5);1H3;1H4;1H;;/q;;;2*-1;;2*-1;;;+3/p-1. The van der Waals surface area contributed by atoms with Gasteiger partial charge in [0.2, 0.25) is 0 Å². The fourth-order valence-electron chi connectivity index (χ4n) is 4.64. The van der Waals surface area contributed by atoms with Crippen molar-refractivity contribution in [1.82, 2.24) is 49.3 Å². The normalized spacial score (nSPS) is 8.87. The van der Waals surface area contributed by atoms with E-state index in [2.05, 4.69) is 52.3 Å². The van der Waals surface area contributed by atoms with Crippen LogP contribution in [0.2, 0.25) is 0 Å². The first-order valence-corrected chi connectivity index (χ1v) is 20.7. The van der Waals surface area contributed by atoms with E-state index < -0.39 is 0 Å². The van der Waals surface area contributed by atoms with Gasteiger partial charge in [-0.1, -0.05) is 50.9 Å². The smallest absolute Gasteiger partial charge is 0.0645 e. The van der Waals surface area contributed by atoms with Crippen molar-refractivity contribution in [2.45, 2.75) is 0 Å². The quantitative estimate of drug-likeness (QED) is 0.119. The topological polar surface area (TPSA) is 140 Å². The summed E-state index contributed by atoms with van der Waals surface area (Å²) in [5, 5.41) is 41.2. The van der Waals surface area contributed by atoms with Crippen molar-refractivity contribution in [3.8, 4) is 34.2 Å². The first-order valence-electron chi connectivity index (χ1n) is 17.7. The minimum absolute atomic E-state index is 0. The number of aromatic hydroxyl groups is 2. The van der Waals surface area contributed by atoms with Crippen molar-refractivity contribution in [2.75, 3.05) is 0 Å². The van der Waals surface area contributed by atoms with Gasteiger partial charge in [-0.15, -0.1) is 6.07 Å². The molecule has 3 N–H and O–H groups in total.